The van der Waals surface area contributed by atoms with Crippen LogP contribution in [-0.2, 0) is 9.47 Å². The molecule has 0 radical (unpaired) electrons. The van der Waals surface area contributed by atoms with Crippen molar-refractivity contribution in [3.63, 3.8) is 0 Å². The van der Waals surface area contributed by atoms with Crippen LogP contribution >= 0.6 is 0 Å². The van der Waals surface area contributed by atoms with E-state index in [1.165, 1.54) is 0 Å². The van der Waals surface area contributed by atoms with Gasteiger partial charge in [-0.2, -0.15) is 0 Å². The summed E-state index contributed by atoms with van der Waals surface area (Å²) in [5, 5.41) is 6.72. The van der Waals surface area contributed by atoms with Crippen LogP contribution in [0.5, 0.6) is 0 Å². The second-order valence-electron chi connectivity index (χ2n) is 10.9. The van der Waals surface area contributed by atoms with Gasteiger partial charge in [-0.05, 0) is 67.8 Å². The fraction of sp³-hybridized carbons (Fsp3) is 0.235. The number of nitrogens with one attached hydrogen (secondary N) is 1. The van der Waals surface area contributed by atoms with Crippen LogP contribution in [0.15, 0.2) is 97.1 Å². The third-order valence-corrected chi connectivity index (χ3v) is 6.87. The van der Waals surface area contributed by atoms with Gasteiger partial charge in [0.2, 0.25) is 0 Å². The molecule has 5 nitrogen and oxygen atoms in total. The Balaban J connectivity index is 1.68. The Morgan fingerprint density at radius 1 is 0.846 bits per heavy atom. The van der Waals surface area contributed by atoms with Crippen molar-refractivity contribution < 1.29 is 19.1 Å². The number of carbonyl (C=O) groups excluding carboxylic acids is 2. The maximum absolute atomic E-state index is 13.8. The topological polar surface area (TPSA) is 64.6 Å². The summed E-state index contributed by atoms with van der Waals surface area (Å²) in [5.41, 5.74) is 1.80. The van der Waals surface area contributed by atoms with Crippen LogP contribution in [0.2, 0.25) is 0 Å². The zero-order chi connectivity index (χ0) is 27.6. The third kappa shape index (κ3) is 5.73. The second kappa shape index (κ2) is 10.8. The monoisotopic (exact) mass is 519 g/mol. The molecule has 0 aromatic heterocycles. The first-order valence-electron chi connectivity index (χ1n) is 13.3. The summed E-state index contributed by atoms with van der Waals surface area (Å²) < 4.78 is 11.6. The molecule has 0 saturated heterocycles. The van der Waals surface area contributed by atoms with Gasteiger partial charge in [0.05, 0.1) is 11.3 Å². The molecule has 5 heteroatoms. The van der Waals surface area contributed by atoms with Crippen molar-refractivity contribution in [3.05, 3.63) is 103 Å². The fourth-order valence-corrected chi connectivity index (χ4v) is 5.04. The number of hydrogen-bond acceptors (Lipinski definition) is 4. The van der Waals surface area contributed by atoms with E-state index in [2.05, 4.69) is 17.5 Å². The van der Waals surface area contributed by atoms with E-state index < -0.39 is 17.7 Å². The van der Waals surface area contributed by atoms with Crippen molar-refractivity contribution in [2.45, 2.75) is 45.8 Å². The van der Waals surface area contributed by atoms with Gasteiger partial charge in [-0.25, -0.2) is 9.59 Å². The Bertz CT molecular complexity index is 1610. The van der Waals surface area contributed by atoms with E-state index in [9.17, 15) is 9.59 Å². The standard InChI is InChI=1S/C34H33NO4/c1-22(23-12-6-5-7-13-23)38-32(36)28-20-18-24-14-8-10-16-26(24)30(28)31-27-17-11-9-15-25(27)19-21-29(31)35-33(37)39-34(2,3)4/h5-12,14-23H,13H2,1-4H3,(H,35,37)/t22-,23?/m0/s1. The molecule has 0 bridgehead atoms. The van der Waals surface area contributed by atoms with Crippen LogP contribution in [0, 0.1) is 5.92 Å². The summed E-state index contributed by atoms with van der Waals surface area (Å²) >= 11 is 0. The molecule has 0 spiro atoms. The third-order valence-electron chi connectivity index (χ3n) is 6.87. The highest BCUT2D eigenvalue weighted by atomic mass is 16.6. The average Bonchev–Trinajstić information content (AvgIpc) is 2.92. The maximum atomic E-state index is 13.8. The van der Waals surface area contributed by atoms with E-state index in [4.69, 9.17) is 9.47 Å². The predicted octanol–water partition coefficient (Wildman–Crippen LogP) is 8.68. The highest BCUT2D eigenvalue weighted by molar-refractivity contribution is 6.16. The van der Waals surface area contributed by atoms with Crippen LogP contribution < -0.4 is 5.32 Å². The SMILES string of the molecule is C[C@H](OC(=O)c1ccc2ccccc2c1-c1c(NC(=O)OC(C)(C)C)ccc2ccccc12)C1C=CC=CC1. The summed E-state index contributed by atoms with van der Waals surface area (Å²) in [5.74, 6) is -0.285. The largest absolute Gasteiger partial charge is 0.458 e. The van der Waals surface area contributed by atoms with Gasteiger partial charge in [0.15, 0.2) is 0 Å². The zero-order valence-electron chi connectivity index (χ0n) is 22.7. The summed E-state index contributed by atoms with van der Waals surface area (Å²) in [6, 6.07) is 23.5. The minimum absolute atomic E-state index is 0.116. The van der Waals surface area contributed by atoms with Crippen LogP contribution in [0.25, 0.3) is 32.7 Å². The molecule has 2 atom stereocenters. The maximum Gasteiger partial charge on any atom is 0.412 e. The van der Waals surface area contributed by atoms with Crippen molar-refractivity contribution in [1.82, 2.24) is 0 Å². The second-order valence-corrected chi connectivity index (χ2v) is 10.9. The molecule has 4 aromatic rings. The Kier molecular flexibility index (Phi) is 7.25. The first kappa shape index (κ1) is 26.2. The predicted molar refractivity (Wildman–Crippen MR) is 158 cm³/mol. The molecule has 0 aliphatic heterocycles. The quantitative estimate of drug-likeness (QED) is 0.268. The number of carbonyl (C=O) groups is 2. The van der Waals surface area contributed by atoms with E-state index in [1.807, 2.05) is 113 Å². The lowest BCUT2D eigenvalue weighted by Gasteiger charge is -2.24. The summed E-state index contributed by atoms with van der Waals surface area (Å²) in [6.07, 6.45) is 8.12. The molecular formula is C34H33NO4. The first-order valence-corrected chi connectivity index (χ1v) is 13.3. The number of hydrogen-bond donors (Lipinski definition) is 1. The Morgan fingerprint density at radius 2 is 1.49 bits per heavy atom. The van der Waals surface area contributed by atoms with Gasteiger partial charge in [-0.15, -0.1) is 0 Å². The van der Waals surface area contributed by atoms with Gasteiger partial charge >= 0.3 is 12.1 Å². The molecule has 39 heavy (non-hydrogen) atoms. The molecule has 1 amide bonds. The van der Waals surface area contributed by atoms with Crippen molar-refractivity contribution in [2.24, 2.45) is 5.92 Å². The zero-order valence-corrected chi connectivity index (χ0v) is 22.7. The fourth-order valence-electron chi connectivity index (χ4n) is 5.04. The lowest BCUT2D eigenvalue weighted by Crippen LogP contribution is -2.27. The van der Waals surface area contributed by atoms with Gasteiger partial charge in [-0.3, -0.25) is 5.32 Å². The Labute approximate surface area is 229 Å². The molecule has 1 N–H and O–H groups in total. The molecule has 0 heterocycles. The number of amides is 1. The first-order chi connectivity index (χ1) is 18.7. The number of benzene rings is 4. The van der Waals surface area contributed by atoms with Gasteiger partial charge in [-0.1, -0.05) is 85.0 Å². The highest BCUT2D eigenvalue weighted by Gasteiger charge is 2.26. The number of esters is 1. The molecule has 198 valence electrons. The van der Waals surface area contributed by atoms with Crippen molar-refractivity contribution in [1.29, 1.82) is 0 Å². The average molecular weight is 520 g/mol. The van der Waals surface area contributed by atoms with Gasteiger partial charge < -0.3 is 9.47 Å². The van der Waals surface area contributed by atoms with E-state index in [0.29, 0.717) is 16.8 Å². The molecule has 4 aromatic carbocycles. The van der Waals surface area contributed by atoms with Crippen LogP contribution in [0.3, 0.4) is 0 Å². The Hall–Kier alpha value is -4.38. The number of rotatable bonds is 5. The lowest BCUT2D eigenvalue weighted by atomic mass is 9.88. The minimum Gasteiger partial charge on any atom is -0.458 e. The summed E-state index contributed by atoms with van der Waals surface area (Å²) in [6.45, 7) is 7.40. The number of allylic oxidation sites excluding steroid dienone is 3. The van der Waals surface area contributed by atoms with Gasteiger partial charge in [0, 0.05) is 17.0 Å². The molecule has 1 unspecified atom stereocenters. The van der Waals surface area contributed by atoms with Crippen LogP contribution in [0.4, 0.5) is 10.5 Å². The van der Waals surface area contributed by atoms with Crippen LogP contribution in [0.1, 0.15) is 44.5 Å². The van der Waals surface area contributed by atoms with Crippen molar-refractivity contribution >= 4 is 39.3 Å². The van der Waals surface area contributed by atoms with E-state index in [1.54, 1.807) is 0 Å². The molecule has 0 saturated carbocycles. The molecular weight excluding hydrogens is 486 g/mol. The molecule has 1 aliphatic rings. The van der Waals surface area contributed by atoms with Crippen molar-refractivity contribution in [3.8, 4) is 11.1 Å². The normalized spacial score (nSPS) is 15.7. The van der Waals surface area contributed by atoms with Crippen LogP contribution in [-0.4, -0.2) is 23.8 Å². The number of ether oxygens (including phenoxy) is 2. The van der Waals surface area contributed by atoms with Crippen molar-refractivity contribution in [2.75, 3.05) is 5.32 Å². The smallest absolute Gasteiger partial charge is 0.412 e. The van der Waals surface area contributed by atoms with Gasteiger partial charge in [0.1, 0.15) is 11.7 Å². The summed E-state index contributed by atoms with van der Waals surface area (Å²) in [4.78, 5) is 26.7. The summed E-state index contributed by atoms with van der Waals surface area (Å²) in [7, 11) is 0. The highest BCUT2D eigenvalue weighted by Crippen LogP contribution is 2.42. The molecule has 1 aliphatic carbocycles. The van der Waals surface area contributed by atoms with E-state index in [-0.39, 0.29) is 12.0 Å². The molecule has 5 rings (SSSR count). The van der Waals surface area contributed by atoms with E-state index >= 15 is 0 Å². The minimum atomic E-state index is -0.658. The number of anilines is 1. The number of fused-ring (bicyclic) bond motifs is 2. The van der Waals surface area contributed by atoms with Gasteiger partial charge in [0.25, 0.3) is 0 Å². The molecule has 0 fully saturated rings. The van der Waals surface area contributed by atoms with E-state index in [0.717, 1.165) is 33.5 Å². The Morgan fingerprint density at radius 3 is 2.13 bits per heavy atom. The lowest BCUT2D eigenvalue weighted by molar-refractivity contribution is 0.0252.